The SMILES string of the molecule is CC(C)(C)[Si](OC[C@@H]1C[C@@H]1Cc1csc2ccccc12)(c1ccccc1)c1ccccc1. The van der Waals surface area contributed by atoms with Crippen molar-refractivity contribution < 1.29 is 4.43 Å². The molecule has 3 heteroatoms. The smallest absolute Gasteiger partial charge is 0.261 e. The van der Waals surface area contributed by atoms with Gasteiger partial charge in [0.1, 0.15) is 0 Å². The molecule has 0 N–H and O–H groups in total. The molecule has 2 atom stereocenters. The van der Waals surface area contributed by atoms with Gasteiger partial charge < -0.3 is 4.43 Å². The van der Waals surface area contributed by atoms with Gasteiger partial charge in [-0.25, -0.2) is 0 Å². The molecule has 0 radical (unpaired) electrons. The van der Waals surface area contributed by atoms with Crippen molar-refractivity contribution in [2.45, 2.75) is 38.7 Å². The molecule has 1 heterocycles. The zero-order chi connectivity index (χ0) is 22.2. The minimum Gasteiger partial charge on any atom is -0.407 e. The Hall–Kier alpha value is -2.20. The second-order valence-electron chi connectivity index (χ2n) is 10.2. The van der Waals surface area contributed by atoms with Gasteiger partial charge in [0, 0.05) is 11.3 Å². The number of hydrogen-bond donors (Lipinski definition) is 0. The zero-order valence-electron chi connectivity index (χ0n) is 19.3. The molecule has 1 aliphatic carbocycles. The summed E-state index contributed by atoms with van der Waals surface area (Å²) in [4.78, 5) is 0. The van der Waals surface area contributed by atoms with Crippen LogP contribution in [0.5, 0.6) is 0 Å². The summed E-state index contributed by atoms with van der Waals surface area (Å²) in [6.07, 6.45) is 2.46. The number of thiophene rings is 1. The fourth-order valence-electron chi connectivity index (χ4n) is 5.23. The maximum atomic E-state index is 7.17. The van der Waals surface area contributed by atoms with E-state index in [9.17, 15) is 0 Å². The van der Waals surface area contributed by atoms with E-state index in [1.807, 2.05) is 11.3 Å². The monoisotopic (exact) mass is 456 g/mol. The normalized spacial score (nSPS) is 18.7. The van der Waals surface area contributed by atoms with Gasteiger partial charge in [0.05, 0.1) is 0 Å². The van der Waals surface area contributed by atoms with Crippen molar-refractivity contribution in [3.63, 3.8) is 0 Å². The van der Waals surface area contributed by atoms with Gasteiger partial charge in [-0.05, 0) is 62.5 Å². The van der Waals surface area contributed by atoms with Crippen LogP contribution in [-0.4, -0.2) is 14.9 Å². The molecule has 0 spiro atoms. The highest BCUT2D eigenvalue weighted by Crippen LogP contribution is 2.45. The van der Waals surface area contributed by atoms with Crippen molar-refractivity contribution in [2.75, 3.05) is 6.61 Å². The van der Waals surface area contributed by atoms with Crippen molar-refractivity contribution in [1.82, 2.24) is 0 Å². The summed E-state index contributed by atoms with van der Waals surface area (Å²) >= 11 is 1.88. The summed E-state index contributed by atoms with van der Waals surface area (Å²) in [5.74, 6) is 1.40. The van der Waals surface area contributed by atoms with E-state index in [0.29, 0.717) is 5.92 Å². The fourth-order valence-corrected chi connectivity index (χ4v) is 10.8. The van der Waals surface area contributed by atoms with Gasteiger partial charge in [-0.1, -0.05) is 99.6 Å². The Bertz CT molecular complexity index is 1140. The summed E-state index contributed by atoms with van der Waals surface area (Å²) in [7, 11) is -2.42. The average Bonchev–Trinajstić information content (AvgIpc) is 3.42. The summed E-state index contributed by atoms with van der Waals surface area (Å²) in [5, 5.41) is 6.60. The van der Waals surface area contributed by atoms with Crippen LogP contribution in [0.2, 0.25) is 5.04 Å². The Morgan fingerprint density at radius 2 is 1.41 bits per heavy atom. The molecule has 1 fully saturated rings. The van der Waals surface area contributed by atoms with Gasteiger partial charge in [-0.15, -0.1) is 11.3 Å². The van der Waals surface area contributed by atoms with Crippen molar-refractivity contribution in [3.05, 3.63) is 95.9 Å². The first kappa shape index (κ1) is 21.6. The lowest BCUT2D eigenvalue weighted by Gasteiger charge is -2.43. The lowest BCUT2D eigenvalue weighted by molar-refractivity contribution is 0.274. The van der Waals surface area contributed by atoms with E-state index in [4.69, 9.17) is 4.43 Å². The second-order valence-corrected chi connectivity index (χ2v) is 15.4. The van der Waals surface area contributed by atoms with Gasteiger partial charge in [-0.2, -0.15) is 0 Å². The molecule has 0 aliphatic heterocycles. The Balaban J connectivity index is 1.38. The largest absolute Gasteiger partial charge is 0.407 e. The maximum Gasteiger partial charge on any atom is 0.261 e. The number of hydrogen-bond acceptors (Lipinski definition) is 2. The predicted octanol–water partition coefficient (Wildman–Crippen LogP) is 6.66. The Kier molecular flexibility index (Phi) is 5.83. The highest BCUT2D eigenvalue weighted by atomic mass is 32.1. The summed E-state index contributed by atoms with van der Waals surface area (Å²) < 4.78 is 8.57. The van der Waals surface area contributed by atoms with E-state index in [1.54, 1.807) is 0 Å². The number of rotatable bonds is 7. The number of fused-ring (bicyclic) bond motifs is 1. The van der Waals surface area contributed by atoms with Crippen molar-refractivity contribution in [1.29, 1.82) is 0 Å². The Morgan fingerprint density at radius 1 is 0.812 bits per heavy atom. The third kappa shape index (κ3) is 3.98. The molecule has 1 aliphatic rings. The molecule has 1 saturated carbocycles. The van der Waals surface area contributed by atoms with Crippen LogP contribution in [-0.2, 0) is 10.8 Å². The molecule has 1 nitrogen and oxygen atoms in total. The average molecular weight is 457 g/mol. The molecule has 1 aromatic heterocycles. The first-order valence-electron chi connectivity index (χ1n) is 11.7. The van der Waals surface area contributed by atoms with Crippen LogP contribution >= 0.6 is 11.3 Å². The third-order valence-electron chi connectivity index (χ3n) is 7.04. The predicted molar refractivity (Wildman–Crippen MR) is 141 cm³/mol. The highest BCUT2D eigenvalue weighted by Gasteiger charge is 2.51. The maximum absolute atomic E-state index is 7.17. The van der Waals surface area contributed by atoms with Crippen LogP contribution < -0.4 is 10.4 Å². The van der Waals surface area contributed by atoms with Gasteiger partial charge >= 0.3 is 0 Å². The second kappa shape index (κ2) is 8.62. The van der Waals surface area contributed by atoms with Gasteiger partial charge in [0.2, 0.25) is 0 Å². The van der Waals surface area contributed by atoms with E-state index in [-0.39, 0.29) is 5.04 Å². The molecule has 5 rings (SSSR count). The quantitative estimate of drug-likeness (QED) is 0.283. The van der Waals surface area contributed by atoms with E-state index < -0.39 is 8.32 Å². The minimum atomic E-state index is -2.42. The molecule has 0 unspecified atom stereocenters. The van der Waals surface area contributed by atoms with Gasteiger partial charge in [-0.3, -0.25) is 0 Å². The summed E-state index contributed by atoms with van der Waals surface area (Å²) in [5.41, 5.74) is 1.52. The van der Waals surface area contributed by atoms with Crippen LogP contribution in [0.3, 0.4) is 0 Å². The molecular weight excluding hydrogens is 424 g/mol. The summed E-state index contributed by atoms with van der Waals surface area (Å²) in [6.45, 7) is 7.95. The summed E-state index contributed by atoms with van der Waals surface area (Å²) in [6, 6.07) is 30.8. The standard InChI is InChI=1S/C29H32OSSi/c1-29(2,3)32(25-12-6-4-7-13-25,26-14-8-5-9-15-26)30-20-23-18-22(23)19-24-21-31-28-17-11-10-16-27(24)28/h4-17,21-23H,18-20H2,1-3H3/t22-,23+/m1/s1. The van der Waals surface area contributed by atoms with E-state index >= 15 is 0 Å². The van der Waals surface area contributed by atoms with E-state index in [0.717, 1.165) is 12.5 Å². The number of benzene rings is 3. The molecule has 4 aromatic rings. The molecule has 0 saturated heterocycles. The lowest BCUT2D eigenvalue weighted by atomic mass is 10.1. The van der Waals surface area contributed by atoms with Crippen molar-refractivity contribution in [3.8, 4) is 0 Å². The Labute approximate surface area is 197 Å². The molecule has 32 heavy (non-hydrogen) atoms. The van der Waals surface area contributed by atoms with Crippen LogP contribution in [0.15, 0.2) is 90.3 Å². The molecular formula is C29H32OSSi. The minimum absolute atomic E-state index is 0.0453. The lowest BCUT2D eigenvalue weighted by Crippen LogP contribution is -2.66. The first-order chi connectivity index (χ1) is 15.5. The van der Waals surface area contributed by atoms with Crippen LogP contribution in [0.4, 0.5) is 0 Å². The highest BCUT2D eigenvalue weighted by molar-refractivity contribution is 7.17. The molecule has 164 valence electrons. The van der Waals surface area contributed by atoms with Gasteiger partial charge in [0.25, 0.3) is 8.32 Å². The molecule has 0 bridgehead atoms. The van der Waals surface area contributed by atoms with Crippen molar-refractivity contribution in [2.24, 2.45) is 11.8 Å². The molecule has 0 amide bonds. The van der Waals surface area contributed by atoms with Crippen LogP contribution in [0, 0.1) is 11.8 Å². The fraction of sp³-hybridized carbons (Fsp3) is 0.310. The molecule has 3 aromatic carbocycles. The zero-order valence-corrected chi connectivity index (χ0v) is 21.1. The van der Waals surface area contributed by atoms with Crippen molar-refractivity contribution >= 4 is 40.1 Å². The third-order valence-corrected chi connectivity index (χ3v) is 13.1. The first-order valence-corrected chi connectivity index (χ1v) is 14.5. The van der Waals surface area contributed by atoms with Crippen LogP contribution in [0.25, 0.3) is 10.1 Å². The van der Waals surface area contributed by atoms with Gasteiger partial charge in [0.15, 0.2) is 0 Å². The Morgan fingerprint density at radius 3 is 2.03 bits per heavy atom. The topological polar surface area (TPSA) is 9.23 Å². The van der Waals surface area contributed by atoms with Crippen LogP contribution in [0.1, 0.15) is 32.8 Å². The van der Waals surface area contributed by atoms with E-state index in [1.165, 1.54) is 38.9 Å². The van der Waals surface area contributed by atoms with E-state index in [2.05, 4.69) is 111 Å².